The van der Waals surface area contributed by atoms with Crippen molar-refractivity contribution in [2.75, 3.05) is 5.32 Å². The van der Waals surface area contributed by atoms with Crippen molar-refractivity contribution in [1.29, 1.82) is 0 Å². The highest BCUT2D eigenvalue weighted by molar-refractivity contribution is 7.19. The van der Waals surface area contributed by atoms with Crippen molar-refractivity contribution in [3.05, 3.63) is 76.7 Å². The average molecular weight is 389 g/mol. The van der Waals surface area contributed by atoms with E-state index >= 15 is 0 Å². The van der Waals surface area contributed by atoms with Crippen LogP contribution in [0.3, 0.4) is 0 Å². The average Bonchev–Trinajstić information content (AvgIpc) is 3.12. The summed E-state index contributed by atoms with van der Waals surface area (Å²) in [6.07, 6.45) is 8.21. The van der Waals surface area contributed by atoms with Crippen LogP contribution in [0.25, 0.3) is 10.2 Å². The summed E-state index contributed by atoms with van der Waals surface area (Å²) in [5.74, 6) is 3.18. The highest BCUT2D eigenvalue weighted by atomic mass is 32.1. The van der Waals surface area contributed by atoms with Crippen LogP contribution in [-0.2, 0) is 12.8 Å². The molecule has 0 aliphatic rings. The van der Waals surface area contributed by atoms with Crippen LogP contribution < -0.4 is 5.32 Å². The molecule has 0 aliphatic heterocycles. The first-order valence-electron chi connectivity index (χ1n) is 8.67. The predicted molar refractivity (Wildman–Crippen MR) is 111 cm³/mol. The Labute approximate surface area is 165 Å². The molecule has 138 valence electrons. The second kappa shape index (κ2) is 7.67. The lowest BCUT2D eigenvalue weighted by Crippen LogP contribution is -1.97. The van der Waals surface area contributed by atoms with E-state index in [2.05, 4.69) is 21.2 Å². The summed E-state index contributed by atoms with van der Waals surface area (Å²) in [6.45, 7) is 0. The summed E-state index contributed by atoms with van der Waals surface area (Å²) < 4.78 is 13.3. The molecule has 2 N–H and O–H groups in total. The highest BCUT2D eigenvalue weighted by Gasteiger charge is 2.10. The van der Waals surface area contributed by atoms with E-state index in [1.54, 1.807) is 12.1 Å². The number of halogens is 1. The maximum atomic E-state index is 13.3. The van der Waals surface area contributed by atoms with E-state index in [1.807, 2.05) is 24.3 Å². The molecule has 28 heavy (non-hydrogen) atoms. The molecule has 0 atom stereocenters. The van der Waals surface area contributed by atoms with Crippen LogP contribution in [0.5, 0.6) is 5.75 Å². The van der Waals surface area contributed by atoms with Gasteiger partial charge in [-0.2, -0.15) is 0 Å². The fraction of sp³-hybridized carbons (Fsp3) is 0.0909. The third kappa shape index (κ3) is 3.80. The third-order valence-electron chi connectivity index (χ3n) is 4.39. The van der Waals surface area contributed by atoms with Crippen LogP contribution in [0.15, 0.2) is 54.9 Å². The SMILES string of the molecule is C#Cc1cc2c(Nc3ccc(CCc4cccc(F)c4)c(O)c3)ncnc2s1. The fourth-order valence-corrected chi connectivity index (χ4v) is 3.80. The molecular weight excluding hydrogens is 373 g/mol. The van der Waals surface area contributed by atoms with E-state index in [0.717, 1.165) is 26.2 Å². The minimum Gasteiger partial charge on any atom is -0.508 e. The Morgan fingerprint density at radius 1 is 1.11 bits per heavy atom. The minimum absolute atomic E-state index is 0.182. The Morgan fingerprint density at radius 2 is 2.00 bits per heavy atom. The summed E-state index contributed by atoms with van der Waals surface area (Å²) in [7, 11) is 0. The second-order valence-corrected chi connectivity index (χ2v) is 7.33. The van der Waals surface area contributed by atoms with Gasteiger partial charge in [-0.25, -0.2) is 14.4 Å². The third-order valence-corrected chi connectivity index (χ3v) is 5.37. The van der Waals surface area contributed by atoms with E-state index in [-0.39, 0.29) is 11.6 Å². The Morgan fingerprint density at radius 3 is 2.79 bits per heavy atom. The summed E-state index contributed by atoms with van der Waals surface area (Å²) in [5, 5.41) is 14.4. The number of nitrogens with one attached hydrogen (secondary N) is 1. The van der Waals surface area contributed by atoms with Gasteiger partial charge in [-0.3, -0.25) is 0 Å². The van der Waals surface area contributed by atoms with Crippen LogP contribution in [0.1, 0.15) is 16.0 Å². The van der Waals surface area contributed by atoms with Crippen LogP contribution in [0.2, 0.25) is 0 Å². The van der Waals surface area contributed by atoms with E-state index in [9.17, 15) is 9.50 Å². The van der Waals surface area contributed by atoms with Gasteiger partial charge in [-0.05, 0) is 48.2 Å². The normalized spacial score (nSPS) is 10.7. The first-order chi connectivity index (χ1) is 13.6. The van der Waals surface area contributed by atoms with Crippen molar-refractivity contribution in [1.82, 2.24) is 9.97 Å². The minimum atomic E-state index is -0.251. The number of phenols is 1. The summed E-state index contributed by atoms with van der Waals surface area (Å²) in [4.78, 5) is 10.1. The number of phenolic OH excluding ortho intramolecular Hbond substituents is 1. The fourth-order valence-electron chi connectivity index (χ4n) is 2.99. The van der Waals surface area contributed by atoms with Crippen molar-refractivity contribution in [3.8, 4) is 18.1 Å². The maximum absolute atomic E-state index is 13.3. The standard InChI is InChI=1S/C22H16FN3OS/c1-2-18-12-19-21(24-13-25-22(19)28-18)26-17-9-8-15(20(27)11-17)7-6-14-4-3-5-16(23)10-14/h1,3-5,8-13,27H,6-7H2,(H,24,25,26). The summed E-state index contributed by atoms with van der Waals surface area (Å²) >= 11 is 1.43. The molecule has 0 unspecified atom stereocenters. The van der Waals surface area contributed by atoms with Gasteiger partial charge in [-0.1, -0.05) is 24.1 Å². The molecule has 0 spiro atoms. The number of thiophene rings is 1. The molecule has 0 fully saturated rings. The molecule has 4 aromatic rings. The molecule has 6 heteroatoms. The number of terminal acetylenes is 1. The second-order valence-electron chi connectivity index (χ2n) is 6.29. The number of benzene rings is 2. The van der Waals surface area contributed by atoms with Crippen molar-refractivity contribution in [3.63, 3.8) is 0 Å². The van der Waals surface area contributed by atoms with Gasteiger partial charge >= 0.3 is 0 Å². The molecule has 0 amide bonds. The lowest BCUT2D eigenvalue weighted by atomic mass is 10.0. The lowest BCUT2D eigenvalue weighted by molar-refractivity contribution is 0.468. The predicted octanol–water partition coefficient (Wildman–Crippen LogP) is 5.05. The Bertz CT molecular complexity index is 1200. The first kappa shape index (κ1) is 18.0. The van der Waals surface area contributed by atoms with Gasteiger partial charge in [0.1, 0.15) is 28.5 Å². The summed E-state index contributed by atoms with van der Waals surface area (Å²) in [5.41, 5.74) is 2.40. The van der Waals surface area contributed by atoms with Gasteiger partial charge < -0.3 is 10.4 Å². The monoisotopic (exact) mass is 389 g/mol. The topological polar surface area (TPSA) is 58.0 Å². The number of rotatable bonds is 5. The zero-order valence-electron chi connectivity index (χ0n) is 14.8. The van der Waals surface area contributed by atoms with Crippen LogP contribution >= 0.6 is 11.3 Å². The van der Waals surface area contributed by atoms with Crippen molar-refractivity contribution >= 4 is 33.1 Å². The number of aromatic nitrogens is 2. The number of anilines is 2. The smallest absolute Gasteiger partial charge is 0.142 e. The van der Waals surface area contributed by atoms with Gasteiger partial charge in [0.2, 0.25) is 0 Å². The molecule has 2 heterocycles. The van der Waals surface area contributed by atoms with Crippen LogP contribution in [0, 0.1) is 18.2 Å². The zero-order valence-corrected chi connectivity index (χ0v) is 15.6. The molecule has 0 bridgehead atoms. The summed E-state index contributed by atoms with van der Waals surface area (Å²) in [6, 6.07) is 13.8. The van der Waals surface area contributed by atoms with Crippen molar-refractivity contribution in [2.45, 2.75) is 12.8 Å². The molecule has 0 aliphatic carbocycles. The van der Waals surface area contributed by atoms with Gasteiger partial charge in [0.05, 0.1) is 10.3 Å². The Hall–Kier alpha value is -3.43. The maximum Gasteiger partial charge on any atom is 0.142 e. The number of nitrogens with zero attached hydrogens (tertiary/aromatic N) is 2. The van der Waals surface area contributed by atoms with Gasteiger partial charge in [0, 0.05) is 11.8 Å². The molecule has 4 nitrogen and oxygen atoms in total. The lowest BCUT2D eigenvalue weighted by Gasteiger charge is -2.10. The Kier molecular flexibility index (Phi) is 4.92. The molecule has 0 radical (unpaired) electrons. The zero-order chi connectivity index (χ0) is 19.5. The van der Waals surface area contributed by atoms with Crippen LogP contribution in [0.4, 0.5) is 15.9 Å². The van der Waals surface area contributed by atoms with E-state index < -0.39 is 0 Å². The molecule has 2 aromatic heterocycles. The largest absolute Gasteiger partial charge is 0.508 e. The number of hydrogen-bond acceptors (Lipinski definition) is 5. The molecule has 0 saturated heterocycles. The van der Waals surface area contributed by atoms with E-state index in [4.69, 9.17) is 6.42 Å². The van der Waals surface area contributed by atoms with Gasteiger partial charge in [-0.15, -0.1) is 17.8 Å². The van der Waals surface area contributed by atoms with E-state index in [0.29, 0.717) is 24.3 Å². The van der Waals surface area contributed by atoms with Gasteiger partial charge in [0.25, 0.3) is 0 Å². The number of hydrogen-bond donors (Lipinski definition) is 2. The molecule has 2 aromatic carbocycles. The molecule has 0 saturated carbocycles. The first-order valence-corrected chi connectivity index (χ1v) is 9.48. The van der Waals surface area contributed by atoms with Gasteiger partial charge in [0.15, 0.2) is 0 Å². The van der Waals surface area contributed by atoms with Crippen LogP contribution in [-0.4, -0.2) is 15.1 Å². The molecular formula is C22H16FN3OS. The van der Waals surface area contributed by atoms with Crippen molar-refractivity contribution < 1.29 is 9.50 Å². The number of fused-ring (bicyclic) bond motifs is 1. The highest BCUT2D eigenvalue weighted by Crippen LogP contribution is 2.31. The molecule has 4 rings (SSSR count). The number of aryl methyl sites for hydroxylation is 2. The number of aromatic hydroxyl groups is 1. The quantitative estimate of drug-likeness (QED) is 0.469. The van der Waals surface area contributed by atoms with Crippen molar-refractivity contribution in [2.24, 2.45) is 0 Å². The Balaban J connectivity index is 1.52. The van der Waals surface area contributed by atoms with E-state index in [1.165, 1.54) is 29.8 Å².